The van der Waals surface area contributed by atoms with Crippen LogP contribution in [0.1, 0.15) is 16.9 Å². The van der Waals surface area contributed by atoms with E-state index in [1.807, 2.05) is 31.2 Å². The molecular formula is C21H21N3O3. The van der Waals surface area contributed by atoms with E-state index in [0.717, 1.165) is 11.1 Å². The highest BCUT2D eigenvalue weighted by atomic mass is 16.3. The molecule has 0 atom stereocenters. The van der Waals surface area contributed by atoms with Crippen molar-refractivity contribution in [1.82, 2.24) is 5.32 Å². The van der Waals surface area contributed by atoms with E-state index in [1.165, 1.54) is 0 Å². The molecule has 138 valence electrons. The lowest BCUT2D eigenvalue weighted by atomic mass is 10.1. The van der Waals surface area contributed by atoms with Gasteiger partial charge < -0.3 is 20.4 Å². The second-order valence-corrected chi connectivity index (χ2v) is 6.17. The molecular weight excluding hydrogens is 342 g/mol. The molecule has 3 amide bonds. The van der Waals surface area contributed by atoms with Crippen molar-refractivity contribution in [2.75, 3.05) is 10.6 Å². The summed E-state index contributed by atoms with van der Waals surface area (Å²) in [4.78, 5) is 24.0. The molecule has 3 aromatic rings. The fraction of sp³-hybridized carbons (Fsp3) is 0.143. The zero-order chi connectivity index (χ0) is 19.1. The molecule has 0 radical (unpaired) electrons. The normalized spacial score (nSPS) is 10.3. The Labute approximate surface area is 157 Å². The van der Waals surface area contributed by atoms with Gasteiger partial charge in [0.15, 0.2) is 0 Å². The van der Waals surface area contributed by atoms with Crippen LogP contribution in [-0.4, -0.2) is 11.9 Å². The summed E-state index contributed by atoms with van der Waals surface area (Å²) in [5.74, 6) is 0.590. The Balaban J connectivity index is 1.47. The van der Waals surface area contributed by atoms with E-state index in [-0.39, 0.29) is 11.9 Å². The minimum Gasteiger partial charge on any atom is -0.467 e. The van der Waals surface area contributed by atoms with E-state index >= 15 is 0 Å². The Morgan fingerprint density at radius 2 is 1.56 bits per heavy atom. The zero-order valence-electron chi connectivity index (χ0n) is 15.0. The maximum absolute atomic E-state index is 12.1. The molecule has 0 aliphatic heterocycles. The van der Waals surface area contributed by atoms with E-state index < -0.39 is 0 Å². The number of benzene rings is 2. The Hall–Kier alpha value is -3.54. The van der Waals surface area contributed by atoms with Crippen LogP contribution in [0, 0.1) is 6.92 Å². The molecule has 3 N–H and O–H groups in total. The summed E-state index contributed by atoms with van der Waals surface area (Å²) in [7, 11) is 0. The number of carbonyl (C=O) groups is 2. The van der Waals surface area contributed by atoms with Gasteiger partial charge in [-0.3, -0.25) is 4.79 Å². The molecule has 3 rings (SSSR count). The number of aryl methyl sites for hydroxylation is 1. The molecule has 0 fully saturated rings. The van der Waals surface area contributed by atoms with E-state index in [1.54, 1.807) is 42.7 Å². The topological polar surface area (TPSA) is 83.4 Å². The quantitative estimate of drug-likeness (QED) is 0.617. The average molecular weight is 363 g/mol. The molecule has 6 heteroatoms. The van der Waals surface area contributed by atoms with Gasteiger partial charge in [0.25, 0.3) is 0 Å². The molecule has 0 aliphatic rings. The van der Waals surface area contributed by atoms with E-state index in [2.05, 4.69) is 16.0 Å². The van der Waals surface area contributed by atoms with Crippen LogP contribution in [0.15, 0.2) is 71.3 Å². The van der Waals surface area contributed by atoms with Gasteiger partial charge in [-0.15, -0.1) is 0 Å². The number of rotatable bonds is 6. The molecule has 1 heterocycles. The van der Waals surface area contributed by atoms with Crippen molar-refractivity contribution in [2.24, 2.45) is 0 Å². The van der Waals surface area contributed by atoms with Crippen molar-refractivity contribution < 1.29 is 14.0 Å². The van der Waals surface area contributed by atoms with E-state index in [0.29, 0.717) is 30.1 Å². The molecule has 0 unspecified atom stereocenters. The first-order valence-electron chi connectivity index (χ1n) is 8.61. The first kappa shape index (κ1) is 18.3. The summed E-state index contributed by atoms with van der Waals surface area (Å²) in [6.07, 6.45) is 1.87. The first-order valence-corrected chi connectivity index (χ1v) is 8.61. The van der Waals surface area contributed by atoms with Crippen molar-refractivity contribution in [3.63, 3.8) is 0 Å². The summed E-state index contributed by atoms with van der Waals surface area (Å²) >= 11 is 0. The third-order valence-corrected chi connectivity index (χ3v) is 3.92. The van der Waals surface area contributed by atoms with E-state index in [4.69, 9.17) is 4.42 Å². The summed E-state index contributed by atoms with van der Waals surface area (Å²) in [5.41, 5.74) is 3.43. The summed E-state index contributed by atoms with van der Waals surface area (Å²) in [6.45, 7) is 2.32. The number of anilines is 2. The van der Waals surface area contributed by atoms with Crippen molar-refractivity contribution in [1.29, 1.82) is 0 Å². The Morgan fingerprint density at radius 3 is 2.19 bits per heavy atom. The van der Waals surface area contributed by atoms with Gasteiger partial charge in [-0.05, 0) is 48.9 Å². The highest BCUT2D eigenvalue weighted by Crippen LogP contribution is 2.14. The van der Waals surface area contributed by atoms with Crippen LogP contribution in [0.4, 0.5) is 16.2 Å². The lowest BCUT2D eigenvalue weighted by molar-refractivity contribution is -0.115. The number of hydrogen-bond donors (Lipinski definition) is 3. The molecule has 0 bridgehead atoms. The van der Waals surface area contributed by atoms with Crippen LogP contribution < -0.4 is 16.0 Å². The number of hydrogen-bond acceptors (Lipinski definition) is 3. The average Bonchev–Trinajstić information content (AvgIpc) is 3.17. The molecule has 6 nitrogen and oxygen atoms in total. The number of urea groups is 1. The maximum Gasteiger partial charge on any atom is 0.319 e. The van der Waals surface area contributed by atoms with Crippen LogP contribution in [0.25, 0.3) is 0 Å². The highest BCUT2D eigenvalue weighted by Gasteiger charge is 2.06. The Bertz CT molecular complexity index is 885. The fourth-order valence-corrected chi connectivity index (χ4v) is 2.49. The highest BCUT2D eigenvalue weighted by molar-refractivity contribution is 5.93. The molecule has 0 spiro atoms. The number of carbonyl (C=O) groups excluding carboxylic acids is 2. The van der Waals surface area contributed by atoms with Crippen LogP contribution in [0.2, 0.25) is 0 Å². The Kier molecular flexibility index (Phi) is 5.89. The molecule has 0 aliphatic carbocycles. The van der Waals surface area contributed by atoms with Gasteiger partial charge in [0.05, 0.1) is 19.2 Å². The first-order chi connectivity index (χ1) is 13.1. The molecule has 0 saturated carbocycles. The van der Waals surface area contributed by atoms with Gasteiger partial charge in [-0.2, -0.15) is 0 Å². The van der Waals surface area contributed by atoms with Gasteiger partial charge in [0, 0.05) is 11.4 Å². The van der Waals surface area contributed by atoms with Crippen molar-refractivity contribution in [3.05, 3.63) is 83.8 Å². The smallest absolute Gasteiger partial charge is 0.319 e. The largest absolute Gasteiger partial charge is 0.467 e. The molecule has 27 heavy (non-hydrogen) atoms. The molecule has 1 aromatic heterocycles. The third-order valence-electron chi connectivity index (χ3n) is 3.92. The SMILES string of the molecule is Cc1ccc(CC(=O)Nc2ccc(NC(=O)NCc3ccco3)cc2)cc1. The number of amides is 3. The van der Waals surface area contributed by atoms with Crippen LogP contribution in [0.5, 0.6) is 0 Å². The molecule has 2 aromatic carbocycles. The number of nitrogens with one attached hydrogen (secondary N) is 3. The van der Waals surface area contributed by atoms with Crippen LogP contribution in [0.3, 0.4) is 0 Å². The predicted octanol–water partition coefficient (Wildman–Crippen LogP) is 4.09. The maximum atomic E-state index is 12.1. The second-order valence-electron chi connectivity index (χ2n) is 6.17. The molecule has 0 saturated heterocycles. The summed E-state index contributed by atoms with van der Waals surface area (Å²) in [5, 5.41) is 8.27. The third kappa shape index (κ3) is 5.74. The minimum absolute atomic E-state index is 0.0873. The lowest BCUT2D eigenvalue weighted by Crippen LogP contribution is -2.27. The number of furan rings is 1. The predicted molar refractivity (Wildman–Crippen MR) is 105 cm³/mol. The van der Waals surface area contributed by atoms with Gasteiger partial charge in [-0.1, -0.05) is 29.8 Å². The second kappa shape index (κ2) is 8.71. The van der Waals surface area contributed by atoms with Crippen molar-refractivity contribution in [2.45, 2.75) is 19.9 Å². The van der Waals surface area contributed by atoms with Crippen LogP contribution >= 0.6 is 0 Å². The van der Waals surface area contributed by atoms with Gasteiger partial charge >= 0.3 is 6.03 Å². The van der Waals surface area contributed by atoms with Gasteiger partial charge in [0.1, 0.15) is 5.76 Å². The fourth-order valence-electron chi connectivity index (χ4n) is 2.49. The Morgan fingerprint density at radius 1 is 0.889 bits per heavy atom. The van der Waals surface area contributed by atoms with Crippen molar-refractivity contribution >= 4 is 23.3 Å². The summed E-state index contributed by atoms with van der Waals surface area (Å²) in [6, 6.07) is 18.0. The monoisotopic (exact) mass is 363 g/mol. The minimum atomic E-state index is -0.331. The summed E-state index contributed by atoms with van der Waals surface area (Å²) < 4.78 is 5.15. The standard InChI is InChI=1S/C21H21N3O3/c1-15-4-6-16(7-5-15)13-20(25)23-17-8-10-18(11-9-17)24-21(26)22-14-19-3-2-12-27-19/h2-12H,13-14H2,1H3,(H,23,25)(H2,22,24,26). The van der Waals surface area contributed by atoms with Crippen LogP contribution in [-0.2, 0) is 17.8 Å². The van der Waals surface area contributed by atoms with Crippen molar-refractivity contribution in [3.8, 4) is 0 Å². The van der Waals surface area contributed by atoms with Gasteiger partial charge in [0.2, 0.25) is 5.91 Å². The van der Waals surface area contributed by atoms with E-state index in [9.17, 15) is 9.59 Å². The lowest BCUT2D eigenvalue weighted by Gasteiger charge is -2.09. The van der Waals surface area contributed by atoms with Gasteiger partial charge in [-0.25, -0.2) is 4.79 Å². The zero-order valence-corrected chi connectivity index (χ0v) is 15.0.